The van der Waals surface area contributed by atoms with E-state index in [2.05, 4.69) is 29.2 Å². The van der Waals surface area contributed by atoms with Crippen LogP contribution in [0.15, 0.2) is 41.8 Å². The van der Waals surface area contributed by atoms with Crippen molar-refractivity contribution < 1.29 is 9.59 Å². The number of likely N-dealkylation sites (tertiary alicyclic amines) is 1. The van der Waals surface area contributed by atoms with Crippen LogP contribution < -0.4 is 0 Å². The van der Waals surface area contributed by atoms with Crippen molar-refractivity contribution in [2.45, 2.75) is 24.9 Å². The number of carbonyl (C=O) groups is 2. The van der Waals surface area contributed by atoms with Crippen LogP contribution in [0.25, 0.3) is 0 Å². The van der Waals surface area contributed by atoms with Gasteiger partial charge in [-0.25, -0.2) is 0 Å². The maximum atomic E-state index is 12.5. The topological polar surface area (TPSA) is 43.9 Å². The number of thiophene rings is 1. The highest BCUT2D eigenvalue weighted by Crippen LogP contribution is 2.36. The molecule has 1 unspecified atom stereocenters. The Morgan fingerprint density at radius 3 is 2.63 bits per heavy atom. The zero-order valence-electron chi connectivity index (χ0n) is 15.8. The molecule has 6 heteroatoms. The Kier molecular flexibility index (Phi) is 5.02. The second-order valence-corrected chi connectivity index (χ2v) is 8.48. The Morgan fingerprint density at radius 2 is 1.93 bits per heavy atom. The quantitative estimate of drug-likeness (QED) is 0.815. The Bertz CT molecular complexity index is 828. The van der Waals surface area contributed by atoms with E-state index in [1.807, 2.05) is 36.5 Å². The highest BCUT2D eigenvalue weighted by Gasteiger charge is 2.41. The molecule has 3 heterocycles. The van der Waals surface area contributed by atoms with Crippen LogP contribution in [-0.2, 0) is 11.2 Å². The van der Waals surface area contributed by atoms with Gasteiger partial charge in [0.05, 0.1) is 4.88 Å². The van der Waals surface area contributed by atoms with E-state index in [-0.39, 0.29) is 17.9 Å². The third kappa shape index (κ3) is 3.51. The molecule has 0 bridgehead atoms. The Balaban J connectivity index is 1.50. The van der Waals surface area contributed by atoms with Crippen molar-refractivity contribution >= 4 is 23.2 Å². The first-order chi connectivity index (χ1) is 13.0. The van der Waals surface area contributed by atoms with Gasteiger partial charge in [0.2, 0.25) is 5.91 Å². The van der Waals surface area contributed by atoms with Crippen molar-refractivity contribution in [2.24, 2.45) is 0 Å². The minimum Gasteiger partial charge on any atom is -0.349 e. The lowest BCUT2D eigenvalue weighted by Gasteiger charge is -2.50. The third-order valence-electron chi connectivity index (χ3n) is 5.67. The van der Waals surface area contributed by atoms with Gasteiger partial charge in [0.25, 0.3) is 5.91 Å². The number of fused-ring (bicyclic) bond motifs is 1. The largest absolute Gasteiger partial charge is 0.349 e. The van der Waals surface area contributed by atoms with Gasteiger partial charge in [0.15, 0.2) is 0 Å². The van der Waals surface area contributed by atoms with E-state index in [1.165, 1.54) is 22.5 Å². The van der Waals surface area contributed by atoms with Gasteiger partial charge in [-0.15, -0.1) is 11.3 Å². The van der Waals surface area contributed by atoms with Gasteiger partial charge in [-0.2, -0.15) is 0 Å². The van der Waals surface area contributed by atoms with Gasteiger partial charge in [-0.3, -0.25) is 14.5 Å². The van der Waals surface area contributed by atoms with E-state index in [1.54, 1.807) is 4.90 Å². The lowest BCUT2D eigenvalue weighted by Crippen LogP contribution is -2.62. The summed E-state index contributed by atoms with van der Waals surface area (Å²) in [6.45, 7) is 2.42. The lowest BCUT2D eigenvalue weighted by atomic mass is 9.88. The van der Waals surface area contributed by atoms with E-state index < -0.39 is 0 Å². The minimum absolute atomic E-state index is 0.0915. The van der Waals surface area contributed by atoms with Crippen LogP contribution in [-0.4, -0.2) is 66.3 Å². The number of hydrogen-bond donors (Lipinski definition) is 0. The first kappa shape index (κ1) is 18.2. The van der Waals surface area contributed by atoms with Crippen molar-refractivity contribution in [3.05, 3.63) is 57.8 Å². The molecule has 142 valence electrons. The van der Waals surface area contributed by atoms with Gasteiger partial charge in [0.1, 0.15) is 0 Å². The molecule has 4 rings (SSSR count). The summed E-state index contributed by atoms with van der Waals surface area (Å²) in [6, 6.07) is 12.7. The maximum absolute atomic E-state index is 12.5. The number of amides is 2. The van der Waals surface area contributed by atoms with Crippen LogP contribution in [0.4, 0.5) is 0 Å². The third-order valence-corrected chi connectivity index (χ3v) is 6.53. The highest BCUT2D eigenvalue weighted by molar-refractivity contribution is 7.12. The van der Waals surface area contributed by atoms with Gasteiger partial charge in [0, 0.05) is 52.2 Å². The fraction of sp³-hybridized carbons (Fsp3) is 0.429. The Hall–Kier alpha value is -2.18. The summed E-state index contributed by atoms with van der Waals surface area (Å²) in [7, 11) is 3.62. The van der Waals surface area contributed by atoms with Crippen molar-refractivity contribution in [1.82, 2.24) is 14.7 Å². The smallest absolute Gasteiger partial charge is 0.264 e. The average molecular weight is 384 g/mol. The van der Waals surface area contributed by atoms with Gasteiger partial charge >= 0.3 is 0 Å². The fourth-order valence-electron chi connectivity index (χ4n) is 4.07. The van der Waals surface area contributed by atoms with Crippen LogP contribution >= 0.6 is 11.3 Å². The predicted octanol–water partition coefficient (Wildman–Crippen LogP) is 2.65. The number of rotatable bonds is 4. The van der Waals surface area contributed by atoms with Crippen molar-refractivity contribution in [1.29, 1.82) is 0 Å². The number of carbonyl (C=O) groups excluding carboxylic acids is 2. The Labute approximate surface area is 164 Å². The monoisotopic (exact) mass is 383 g/mol. The summed E-state index contributed by atoms with van der Waals surface area (Å²) in [5.74, 6) is 0.270. The molecule has 5 nitrogen and oxygen atoms in total. The predicted molar refractivity (Wildman–Crippen MR) is 107 cm³/mol. The molecule has 0 spiro atoms. The molecule has 1 saturated heterocycles. The van der Waals surface area contributed by atoms with Crippen LogP contribution in [0.1, 0.15) is 33.3 Å². The molecule has 2 aromatic rings. The zero-order chi connectivity index (χ0) is 19.0. The van der Waals surface area contributed by atoms with Crippen LogP contribution in [0, 0.1) is 0 Å². The van der Waals surface area contributed by atoms with Crippen LogP contribution in [0.3, 0.4) is 0 Å². The molecule has 2 aliphatic rings. The zero-order valence-corrected chi connectivity index (χ0v) is 16.6. The molecule has 1 aromatic heterocycles. The first-order valence-electron chi connectivity index (χ1n) is 9.41. The fourth-order valence-corrected chi connectivity index (χ4v) is 4.76. The van der Waals surface area contributed by atoms with Crippen molar-refractivity contribution in [2.75, 3.05) is 33.7 Å². The van der Waals surface area contributed by atoms with E-state index in [4.69, 9.17) is 0 Å². The van der Waals surface area contributed by atoms with Crippen molar-refractivity contribution in [3.8, 4) is 0 Å². The standard InChI is InChI=1S/C21H25N3O2S/c1-22(2)20(25)12-18-17-7-4-3-6-15(17)9-10-24(18)16-13-23(14-16)21(26)19-8-5-11-27-19/h3-8,11,16,18H,9-10,12-14H2,1-2H3. The second kappa shape index (κ2) is 7.44. The molecule has 1 atom stereocenters. The summed E-state index contributed by atoms with van der Waals surface area (Å²) < 4.78 is 0. The van der Waals surface area contributed by atoms with Crippen molar-refractivity contribution in [3.63, 3.8) is 0 Å². The summed E-state index contributed by atoms with van der Waals surface area (Å²) in [4.78, 5) is 31.8. The molecule has 2 aliphatic heterocycles. The normalized spacial score (nSPS) is 20.1. The SMILES string of the molecule is CN(C)C(=O)CC1c2ccccc2CCN1C1CN(C(=O)c2cccs2)C1. The molecule has 1 fully saturated rings. The Morgan fingerprint density at radius 1 is 1.15 bits per heavy atom. The van der Waals surface area contributed by atoms with Gasteiger partial charge in [-0.1, -0.05) is 30.3 Å². The molecule has 0 saturated carbocycles. The first-order valence-corrected chi connectivity index (χ1v) is 10.3. The molecule has 1 aromatic carbocycles. The number of hydrogen-bond acceptors (Lipinski definition) is 4. The molecule has 0 radical (unpaired) electrons. The lowest BCUT2D eigenvalue weighted by molar-refractivity contribution is -0.130. The molecule has 0 aliphatic carbocycles. The van der Waals surface area contributed by atoms with E-state index in [0.717, 1.165) is 30.9 Å². The van der Waals surface area contributed by atoms with Gasteiger partial charge in [-0.05, 0) is 29.0 Å². The highest BCUT2D eigenvalue weighted by atomic mass is 32.1. The van der Waals surface area contributed by atoms with E-state index in [9.17, 15) is 9.59 Å². The number of benzene rings is 1. The number of nitrogens with zero attached hydrogens (tertiary/aromatic N) is 3. The maximum Gasteiger partial charge on any atom is 0.264 e. The van der Waals surface area contributed by atoms with Crippen LogP contribution in [0.2, 0.25) is 0 Å². The second-order valence-electron chi connectivity index (χ2n) is 7.54. The van der Waals surface area contributed by atoms with E-state index >= 15 is 0 Å². The van der Waals surface area contributed by atoms with Crippen LogP contribution in [0.5, 0.6) is 0 Å². The molecular formula is C21H25N3O2S. The molecular weight excluding hydrogens is 358 g/mol. The summed E-state index contributed by atoms with van der Waals surface area (Å²) in [6.07, 6.45) is 1.48. The average Bonchev–Trinajstić information content (AvgIpc) is 3.16. The summed E-state index contributed by atoms with van der Waals surface area (Å²) in [5.41, 5.74) is 2.61. The molecule has 0 N–H and O–H groups in total. The minimum atomic E-state index is 0.0915. The van der Waals surface area contributed by atoms with Gasteiger partial charge < -0.3 is 9.80 Å². The summed E-state index contributed by atoms with van der Waals surface area (Å²) >= 11 is 1.49. The summed E-state index contributed by atoms with van der Waals surface area (Å²) in [5, 5.41) is 1.94. The van der Waals surface area contributed by atoms with E-state index in [0.29, 0.717) is 12.5 Å². The molecule has 27 heavy (non-hydrogen) atoms. The molecule has 2 amide bonds.